The Balaban J connectivity index is 2.42. The second kappa shape index (κ2) is 5.19. The van der Waals surface area contributed by atoms with E-state index in [0.29, 0.717) is 0 Å². The van der Waals surface area contributed by atoms with Gasteiger partial charge >= 0.3 is 0 Å². The van der Waals surface area contributed by atoms with Crippen LogP contribution < -0.4 is 0 Å². The number of aryl methyl sites for hydroxylation is 1. The van der Waals surface area contributed by atoms with E-state index in [1.54, 1.807) is 0 Å². The Kier molecular flexibility index (Phi) is 3.64. The van der Waals surface area contributed by atoms with Crippen molar-refractivity contribution in [1.82, 2.24) is 0 Å². The summed E-state index contributed by atoms with van der Waals surface area (Å²) in [6.07, 6.45) is 1.81. The first-order valence-corrected chi connectivity index (χ1v) is 6.69. The molecule has 0 aliphatic heterocycles. The minimum absolute atomic E-state index is 0.118. The Morgan fingerprint density at radius 1 is 1.06 bits per heavy atom. The smallest absolute Gasteiger partial charge is 0.219 e. The molecule has 0 atom stereocenters. The summed E-state index contributed by atoms with van der Waals surface area (Å²) in [5.41, 5.74) is 4.28. The van der Waals surface area contributed by atoms with Gasteiger partial charge in [0, 0.05) is 5.56 Å². The van der Waals surface area contributed by atoms with Gasteiger partial charge in [-0.25, -0.2) is 0 Å². The molecule has 0 heterocycles. The molecule has 2 aromatic rings. The normalized spacial score (nSPS) is 10.2. The SMILES string of the molecule is CSC(=O)c1ccc(-c2ccccc2)c(C)c1. The fraction of sp³-hybridized carbons (Fsp3) is 0.133. The molecule has 0 spiro atoms. The first kappa shape index (κ1) is 11.9. The van der Waals surface area contributed by atoms with Gasteiger partial charge in [-0.3, -0.25) is 4.79 Å². The van der Waals surface area contributed by atoms with Crippen LogP contribution in [0.2, 0.25) is 0 Å². The van der Waals surface area contributed by atoms with E-state index in [1.807, 2.05) is 49.6 Å². The summed E-state index contributed by atoms with van der Waals surface area (Å²) < 4.78 is 0. The number of hydrogen-bond acceptors (Lipinski definition) is 2. The summed E-state index contributed by atoms with van der Waals surface area (Å²) in [5, 5.41) is 0.118. The van der Waals surface area contributed by atoms with Crippen LogP contribution in [0.15, 0.2) is 48.5 Å². The van der Waals surface area contributed by atoms with Crippen LogP contribution in [0, 0.1) is 6.92 Å². The van der Waals surface area contributed by atoms with Crippen molar-refractivity contribution in [3.8, 4) is 11.1 Å². The molecule has 0 saturated heterocycles. The molecule has 0 amide bonds. The van der Waals surface area contributed by atoms with Gasteiger partial charge in [0.15, 0.2) is 0 Å². The van der Waals surface area contributed by atoms with Crippen molar-refractivity contribution in [3.05, 3.63) is 59.7 Å². The Labute approximate surface area is 106 Å². The van der Waals surface area contributed by atoms with E-state index in [0.717, 1.165) is 11.1 Å². The molecule has 0 N–H and O–H groups in total. The van der Waals surface area contributed by atoms with Gasteiger partial charge in [-0.2, -0.15) is 0 Å². The van der Waals surface area contributed by atoms with Crippen molar-refractivity contribution in [2.75, 3.05) is 6.26 Å². The van der Waals surface area contributed by atoms with Crippen LogP contribution in [-0.4, -0.2) is 11.4 Å². The second-order valence-electron chi connectivity index (χ2n) is 3.89. The van der Waals surface area contributed by atoms with Crippen molar-refractivity contribution in [3.63, 3.8) is 0 Å². The lowest BCUT2D eigenvalue weighted by Gasteiger charge is -2.07. The Hall–Kier alpha value is -1.54. The third-order valence-corrected chi connectivity index (χ3v) is 3.34. The topological polar surface area (TPSA) is 17.1 Å². The molecule has 0 radical (unpaired) electrons. The lowest BCUT2D eigenvalue weighted by Crippen LogP contribution is -1.94. The van der Waals surface area contributed by atoms with Gasteiger partial charge in [0.1, 0.15) is 0 Å². The molecule has 0 aliphatic carbocycles. The minimum Gasteiger partial charge on any atom is -0.282 e. The summed E-state index contributed by atoms with van der Waals surface area (Å²) in [4.78, 5) is 11.6. The van der Waals surface area contributed by atoms with Crippen LogP contribution in [0.4, 0.5) is 0 Å². The van der Waals surface area contributed by atoms with Crippen molar-refractivity contribution in [1.29, 1.82) is 0 Å². The van der Waals surface area contributed by atoms with E-state index in [9.17, 15) is 4.79 Å². The number of carbonyl (C=O) groups is 1. The zero-order valence-electron chi connectivity index (χ0n) is 9.94. The molecule has 0 unspecified atom stereocenters. The largest absolute Gasteiger partial charge is 0.282 e. The van der Waals surface area contributed by atoms with Gasteiger partial charge < -0.3 is 0 Å². The predicted octanol–water partition coefficient (Wildman–Crippen LogP) is 4.17. The summed E-state index contributed by atoms with van der Waals surface area (Å²) in [7, 11) is 0. The molecule has 17 heavy (non-hydrogen) atoms. The van der Waals surface area contributed by atoms with E-state index < -0.39 is 0 Å². The van der Waals surface area contributed by atoms with E-state index >= 15 is 0 Å². The highest BCUT2D eigenvalue weighted by molar-refractivity contribution is 8.13. The monoisotopic (exact) mass is 242 g/mol. The van der Waals surface area contributed by atoms with E-state index in [2.05, 4.69) is 12.1 Å². The van der Waals surface area contributed by atoms with Crippen LogP contribution >= 0.6 is 11.8 Å². The fourth-order valence-electron chi connectivity index (χ4n) is 1.85. The molecule has 2 heteroatoms. The van der Waals surface area contributed by atoms with Crippen LogP contribution in [0.3, 0.4) is 0 Å². The standard InChI is InChI=1S/C15H14OS/c1-11-10-13(15(16)17-2)8-9-14(11)12-6-4-3-5-7-12/h3-10H,1-2H3. The summed E-state index contributed by atoms with van der Waals surface area (Å²) in [5.74, 6) is 0. The predicted molar refractivity (Wildman–Crippen MR) is 74.5 cm³/mol. The summed E-state index contributed by atoms with van der Waals surface area (Å²) in [6, 6.07) is 16.1. The number of carbonyl (C=O) groups excluding carboxylic acids is 1. The molecule has 0 bridgehead atoms. The van der Waals surface area contributed by atoms with E-state index in [4.69, 9.17) is 0 Å². The number of thioether (sulfide) groups is 1. The Morgan fingerprint density at radius 2 is 1.76 bits per heavy atom. The molecule has 0 saturated carbocycles. The molecule has 86 valence electrons. The highest BCUT2D eigenvalue weighted by Crippen LogP contribution is 2.24. The van der Waals surface area contributed by atoms with Crippen LogP contribution in [0.25, 0.3) is 11.1 Å². The van der Waals surface area contributed by atoms with Crippen LogP contribution in [0.1, 0.15) is 15.9 Å². The minimum atomic E-state index is 0.118. The molecule has 2 rings (SSSR count). The number of benzene rings is 2. The maximum absolute atomic E-state index is 11.6. The lowest BCUT2D eigenvalue weighted by atomic mass is 9.99. The lowest BCUT2D eigenvalue weighted by molar-refractivity contribution is 0.108. The molecule has 0 aromatic heterocycles. The molecule has 0 fully saturated rings. The van der Waals surface area contributed by atoms with Gasteiger partial charge in [0.05, 0.1) is 0 Å². The molecular formula is C15H14OS. The van der Waals surface area contributed by atoms with Crippen molar-refractivity contribution in [2.24, 2.45) is 0 Å². The van der Waals surface area contributed by atoms with E-state index in [1.165, 1.54) is 22.9 Å². The average Bonchev–Trinajstić information content (AvgIpc) is 2.38. The first-order valence-electron chi connectivity index (χ1n) is 5.47. The van der Waals surface area contributed by atoms with Gasteiger partial charge in [-0.1, -0.05) is 48.2 Å². The summed E-state index contributed by atoms with van der Waals surface area (Å²) in [6.45, 7) is 2.04. The Bertz CT molecular complexity index is 532. The third kappa shape index (κ3) is 2.59. The molecule has 1 nitrogen and oxygen atoms in total. The van der Waals surface area contributed by atoms with Crippen molar-refractivity contribution < 1.29 is 4.79 Å². The van der Waals surface area contributed by atoms with Crippen molar-refractivity contribution >= 4 is 16.9 Å². The third-order valence-electron chi connectivity index (χ3n) is 2.73. The summed E-state index contributed by atoms with van der Waals surface area (Å²) >= 11 is 1.25. The fourth-order valence-corrected chi connectivity index (χ4v) is 2.21. The second-order valence-corrected chi connectivity index (χ2v) is 4.67. The zero-order valence-corrected chi connectivity index (χ0v) is 10.8. The average molecular weight is 242 g/mol. The maximum atomic E-state index is 11.6. The van der Waals surface area contributed by atoms with Gasteiger partial charge in [-0.05, 0) is 42.0 Å². The molecule has 0 aliphatic rings. The molecule has 2 aromatic carbocycles. The van der Waals surface area contributed by atoms with E-state index in [-0.39, 0.29) is 5.12 Å². The quantitative estimate of drug-likeness (QED) is 0.786. The first-order chi connectivity index (χ1) is 8.22. The van der Waals surface area contributed by atoms with Gasteiger partial charge in [0.25, 0.3) is 0 Å². The highest BCUT2D eigenvalue weighted by Gasteiger charge is 2.07. The maximum Gasteiger partial charge on any atom is 0.219 e. The number of hydrogen-bond donors (Lipinski definition) is 0. The van der Waals surface area contributed by atoms with Crippen LogP contribution in [0.5, 0.6) is 0 Å². The molecular weight excluding hydrogens is 228 g/mol. The van der Waals surface area contributed by atoms with Crippen molar-refractivity contribution in [2.45, 2.75) is 6.92 Å². The van der Waals surface area contributed by atoms with Crippen LogP contribution in [-0.2, 0) is 0 Å². The highest BCUT2D eigenvalue weighted by atomic mass is 32.2. The number of rotatable bonds is 2. The zero-order chi connectivity index (χ0) is 12.3. The van der Waals surface area contributed by atoms with Gasteiger partial charge in [-0.15, -0.1) is 0 Å². The van der Waals surface area contributed by atoms with Gasteiger partial charge in [0.2, 0.25) is 5.12 Å². The Morgan fingerprint density at radius 3 is 2.35 bits per heavy atom.